The van der Waals surface area contributed by atoms with E-state index < -0.39 is 9.84 Å². The van der Waals surface area contributed by atoms with Gasteiger partial charge in [0, 0.05) is 12.0 Å². The highest BCUT2D eigenvalue weighted by atomic mass is 32.2. The van der Waals surface area contributed by atoms with E-state index in [-0.39, 0.29) is 29.4 Å². The predicted octanol–water partition coefficient (Wildman–Crippen LogP) is 1.45. The molecule has 19 heavy (non-hydrogen) atoms. The second-order valence-electron chi connectivity index (χ2n) is 5.26. The zero-order chi connectivity index (χ0) is 14.0. The lowest BCUT2D eigenvalue weighted by Crippen LogP contribution is -2.42. The fourth-order valence-electron chi connectivity index (χ4n) is 2.31. The summed E-state index contributed by atoms with van der Waals surface area (Å²) >= 11 is 0. The molecule has 0 bridgehead atoms. The third-order valence-electron chi connectivity index (χ3n) is 3.33. The van der Waals surface area contributed by atoms with Crippen molar-refractivity contribution in [2.45, 2.75) is 32.9 Å². The van der Waals surface area contributed by atoms with Crippen LogP contribution in [0.25, 0.3) is 0 Å². The lowest BCUT2D eigenvalue weighted by molar-refractivity contribution is -0.137. The molecule has 1 saturated heterocycles. The summed E-state index contributed by atoms with van der Waals surface area (Å²) in [4.78, 5) is 13.9. The molecule has 0 radical (unpaired) electrons. The minimum atomic E-state index is -3.00. The van der Waals surface area contributed by atoms with Gasteiger partial charge in [0.25, 0.3) is 0 Å². The second kappa shape index (κ2) is 5.36. The summed E-state index contributed by atoms with van der Waals surface area (Å²) in [5, 5.41) is 0. The molecule has 5 nitrogen and oxygen atoms in total. The van der Waals surface area contributed by atoms with Gasteiger partial charge in [-0.2, -0.15) is 0 Å². The molecule has 2 heterocycles. The average Bonchev–Trinajstić information content (AvgIpc) is 2.94. The molecule has 6 heteroatoms. The molecule has 1 fully saturated rings. The lowest BCUT2D eigenvalue weighted by atomic mass is 10.1. The fraction of sp³-hybridized carbons (Fsp3) is 0.615. The normalized spacial score (nSPS) is 21.7. The number of sulfone groups is 1. The maximum atomic E-state index is 12.3. The van der Waals surface area contributed by atoms with Gasteiger partial charge < -0.3 is 9.32 Å². The van der Waals surface area contributed by atoms with Crippen molar-refractivity contribution in [3.63, 3.8) is 0 Å². The standard InChI is InChI=1S/C13H19NO4S/c1-10(2)13(15)14(8-12-4-3-6-18-12)11-5-7-19(16,17)9-11/h3-4,6,10-11H,5,7-9H2,1-2H3. The first-order valence-electron chi connectivity index (χ1n) is 6.42. The molecule has 0 saturated carbocycles. The zero-order valence-electron chi connectivity index (χ0n) is 11.2. The van der Waals surface area contributed by atoms with Crippen molar-refractivity contribution in [3.05, 3.63) is 24.2 Å². The Bertz CT molecular complexity index is 533. The van der Waals surface area contributed by atoms with Crippen LogP contribution in [-0.4, -0.2) is 36.8 Å². The zero-order valence-corrected chi connectivity index (χ0v) is 12.0. The van der Waals surface area contributed by atoms with Crippen LogP contribution in [-0.2, 0) is 21.2 Å². The summed E-state index contributed by atoms with van der Waals surface area (Å²) in [6.45, 7) is 3.98. The van der Waals surface area contributed by atoms with Crippen molar-refractivity contribution in [2.75, 3.05) is 11.5 Å². The quantitative estimate of drug-likeness (QED) is 0.839. The summed E-state index contributed by atoms with van der Waals surface area (Å²) in [7, 11) is -3.00. The van der Waals surface area contributed by atoms with Gasteiger partial charge in [-0.05, 0) is 18.6 Å². The van der Waals surface area contributed by atoms with Crippen LogP contribution < -0.4 is 0 Å². The molecule has 2 rings (SSSR count). The summed E-state index contributed by atoms with van der Waals surface area (Å²) in [5.74, 6) is 0.721. The molecule has 0 aromatic carbocycles. The first-order valence-corrected chi connectivity index (χ1v) is 8.24. The monoisotopic (exact) mass is 285 g/mol. The van der Waals surface area contributed by atoms with Crippen molar-refractivity contribution < 1.29 is 17.6 Å². The Labute approximate surface area is 113 Å². The third kappa shape index (κ3) is 3.37. The van der Waals surface area contributed by atoms with E-state index in [2.05, 4.69) is 0 Å². The number of carbonyl (C=O) groups is 1. The van der Waals surface area contributed by atoms with Crippen LogP contribution in [0.5, 0.6) is 0 Å². The van der Waals surface area contributed by atoms with Crippen molar-refractivity contribution in [3.8, 4) is 0 Å². The summed E-state index contributed by atoms with van der Waals surface area (Å²) < 4.78 is 28.4. The summed E-state index contributed by atoms with van der Waals surface area (Å²) in [5.41, 5.74) is 0. The van der Waals surface area contributed by atoms with Gasteiger partial charge in [-0.1, -0.05) is 13.8 Å². The fourth-order valence-corrected chi connectivity index (χ4v) is 4.04. The van der Waals surface area contributed by atoms with E-state index in [1.54, 1.807) is 23.3 Å². The number of hydrogen-bond donors (Lipinski definition) is 0. The van der Waals surface area contributed by atoms with Crippen LogP contribution in [0.3, 0.4) is 0 Å². The molecule has 1 aromatic rings. The molecule has 1 aliphatic rings. The predicted molar refractivity (Wildman–Crippen MR) is 71.2 cm³/mol. The highest BCUT2D eigenvalue weighted by molar-refractivity contribution is 7.91. The van der Waals surface area contributed by atoms with Gasteiger partial charge in [-0.3, -0.25) is 4.79 Å². The highest BCUT2D eigenvalue weighted by Gasteiger charge is 2.35. The van der Waals surface area contributed by atoms with Crippen LogP contribution in [0.4, 0.5) is 0 Å². The number of amides is 1. The van der Waals surface area contributed by atoms with Crippen LogP contribution >= 0.6 is 0 Å². The van der Waals surface area contributed by atoms with E-state index in [1.807, 2.05) is 13.8 Å². The first kappa shape index (κ1) is 14.1. The number of hydrogen-bond acceptors (Lipinski definition) is 4. The van der Waals surface area contributed by atoms with Crippen LogP contribution in [0.1, 0.15) is 26.0 Å². The third-order valence-corrected chi connectivity index (χ3v) is 5.08. The Morgan fingerprint density at radius 2 is 2.26 bits per heavy atom. The van der Waals surface area contributed by atoms with Gasteiger partial charge in [-0.15, -0.1) is 0 Å². The van der Waals surface area contributed by atoms with Crippen molar-refractivity contribution in [2.24, 2.45) is 5.92 Å². The topological polar surface area (TPSA) is 67.6 Å². The highest BCUT2D eigenvalue weighted by Crippen LogP contribution is 2.22. The van der Waals surface area contributed by atoms with E-state index >= 15 is 0 Å². The molecular weight excluding hydrogens is 266 g/mol. The molecule has 0 spiro atoms. The molecule has 1 aromatic heterocycles. The second-order valence-corrected chi connectivity index (χ2v) is 7.49. The SMILES string of the molecule is CC(C)C(=O)N(Cc1ccco1)C1CCS(=O)(=O)C1. The molecule has 1 aliphatic heterocycles. The number of rotatable bonds is 4. The Kier molecular flexibility index (Phi) is 3.99. The average molecular weight is 285 g/mol. The number of nitrogens with zero attached hydrogens (tertiary/aromatic N) is 1. The van der Waals surface area contributed by atoms with E-state index in [4.69, 9.17) is 4.42 Å². The molecule has 106 valence electrons. The van der Waals surface area contributed by atoms with Gasteiger partial charge in [0.05, 0.1) is 24.3 Å². The van der Waals surface area contributed by atoms with E-state index in [1.165, 1.54) is 0 Å². The van der Waals surface area contributed by atoms with Gasteiger partial charge in [-0.25, -0.2) is 8.42 Å². The van der Waals surface area contributed by atoms with Crippen molar-refractivity contribution in [1.82, 2.24) is 4.90 Å². The maximum Gasteiger partial charge on any atom is 0.225 e. The maximum absolute atomic E-state index is 12.3. The van der Waals surface area contributed by atoms with Crippen LogP contribution in [0.2, 0.25) is 0 Å². The minimum absolute atomic E-state index is 0.0292. The molecular formula is C13H19NO4S. The number of furan rings is 1. The Balaban J connectivity index is 2.17. The Hall–Kier alpha value is -1.30. The van der Waals surface area contributed by atoms with E-state index in [0.717, 1.165) is 0 Å². The van der Waals surface area contributed by atoms with Gasteiger partial charge >= 0.3 is 0 Å². The number of carbonyl (C=O) groups excluding carboxylic acids is 1. The van der Waals surface area contributed by atoms with Crippen LogP contribution in [0.15, 0.2) is 22.8 Å². The van der Waals surface area contributed by atoms with Gasteiger partial charge in [0.1, 0.15) is 5.76 Å². The molecule has 0 N–H and O–H groups in total. The van der Waals surface area contributed by atoms with Crippen molar-refractivity contribution >= 4 is 15.7 Å². The van der Waals surface area contributed by atoms with E-state index in [0.29, 0.717) is 18.7 Å². The van der Waals surface area contributed by atoms with Crippen molar-refractivity contribution in [1.29, 1.82) is 0 Å². The Morgan fingerprint density at radius 3 is 2.74 bits per heavy atom. The minimum Gasteiger partial charge on any atom is -0.467 e. The Morgan fingerprint density at radius 1 is 1.53 bits per heavy atom. The smallest absolute Gasteiger partial charge is 0.225 e. The van der Waals surface area contributed by atoms with Crippen LogP contribution in [0, 0.1) is 5.92 Å². The molecule has 0 aliphatic carbocycles. The van der Waals surface area contributed by atoms with Gasteiger partial charge in [0.15, 0.2) is 9.84 Å². The summed E-state index contributed by atoms with van der Waals surface area (Å²) in [6.07, 6.45) is 2.07. The molecule has 1 amide bonds. The van der Waals surface area contributed by atoms with E-state index in [9.17, 15) is 13.2 Å². The lowest BCUT2D eigenvalue weighted by Gasteiger charge is -2.29. The molecule has 1 unspecified atom stereocenters. The summed E-state index contributed by atoms with van der Waals surface area (Å²) in [6, 6.07) is 3.33. The molecule has 1 atom stereocenters. The van der Waals surface area contributed by atoms with Gasteiger partial charge in [0.2, 0.25) is 5.91 Å². The largest absolute Gasteiger partial charge is 0.467 e. The first-order chi connectivity index (χ1) is 8.89.